The molecule has 0 saturated heterocycles. The van der Waals surface area contributed by atoms with Crippen LogP contribution in [0.1, 0.15) is 45.4 Å². The maximum absolute atomic E-state index is 12.5. The molecule has 0 aliphatic heterocycles. The second kappa shape index (κ2) is 8.39. The topological polar surface area (TPSA) is 94.5 Å². The smallest absolute Gasteiger partial charge is 0.340 e. The summed E-state index contributed by atoms with van der Waals surface area (Å²) in [7, 11) is -3.55. The lowest BCUT2D eigenvalue weighted by molar-refractivity contribution is 0.0475. The van der Waals surface area contributed by atoms with Crippen molar-refractivity contribution in [1.29, 1.82) is 0 Å². The van der Waals surface area contributed by atoms with Crippen LogP contribution in [0.15, 0.2) is 30.3 Å². The van der Waals surface area contributed by atoms with Crippen molar-refractivity contribution in [3.63, 3.8) is 0 Å². The van der Waals surface area contributed by atoms with Gasteiger partial charge in [0.2, 0.25) is 15.8 Å². The first-order chi connectivity index (χ1) is 12.6. The molecule has 2 rings (SSSR count). The number of anilines is 1. The Hall–Kier alpha value is -2.61. The largest absolute Gasteiger partial charge is 0.454 e. The van der Waals surface area contributed by atoms with Crippen molar-refractivity contribution in [3.05, 3.63) is 52.8 Å². The third kappa shape index (κ3) is 5.19. The standard InChI is InChI=1S/C19H24N2O5S/c1-5-10-21-13(2)11-16(14(21)3)18(22)12-26-19(23)15-8-6-7-9-17(15)20-27(4,24)25/h6-9,11,20H,5,10,12H2,1-4H3. The summed E-state index contributed by atoms with van der Waals surface area (Å²) >= 11 is 0. The van der Waals surface area contributed by atoms with Crippen LogP contribution in [0.3, 0.4) is 0 Å². The number of hydrogen-bond donors (Lipinski definition) is 1. The SMILES string of the molecule is CCCn1c(C)cc(C(=O)COC(=O)c2ccccc2NS(C)(=O)=O)c1C. The number of nitrogens with one attached hydrogen (secondary N) is 1. The van der Waals surface area contributed by atoms with Gasteiger partial charge < -0.3 is 9.30 Å². The van der Waals surface area contributed by atoms with Crippen molar-refractivity contribution >= 4 is 27.5 Å². The number of ketones is 1. The van der Waals surface area contributed by atoms with Crippen LogP contribution in [-0.4, -0.2) is 37.6 Å². The van der Waals surface area contributed by atoms with Crippen LogP contribution in [0, 0.1) is 13.8 Å². The van der Waals surface area contributed by atoms with E-state index in [1.165, 1.54) is 12.1 Å². The van der Waals surface area contributed by atoms with Crippen molar-refractivity contribution in [2.24, 2.45) is 0 Å². The lowest BCUT2D eigenvalue weighted by Crippen LogP contribution is -2.18. The summed E-state index contributed by atoms with van der Waals surface area (Å²) in [5, 5.41) is 0. The van der Waals surface area contributed by atoms with Crippen molar-refractivity contribution in [2.75, 3.05) is 17.6 Å². The molecule has 27 heavy (non-hydrogen) atoms. The third-order valence-electron chi connectivity index (χ3n) is 4.10. The van der Waals surface area contributed by atoms with Crippen LogP contribution in [0.25, 0.3) is 0 Å². The summed E-state index contributed by atoms with van der Waals surface area (Å²) in [6, 6.07) is 7.87. The number of Topliss-reactive ketones (excluding diaryl/α,β-unsaturated/α-hetero) is 1. The molecular formula is C19H24N2O5S. The molecule has 2 aromatic rings. The third-order valence-corrected chi connectivity index (χ3v) is 4.69. The highest BCUT2D eigenvalue weighted by Gasteiger charge is 2.19. The molecule has 0 fully saturated rings. The Morgan fingerprint density at radius 1 is 1.15 bits per heavy atom. The molecule has 0 bridgehead atoms. The number of sulfonamides is 1. The fourth-order valence-corrected chi connectivity index (χ4v) is 3.47. The predicted octanol–water partition coefficient (Wildman–Crippen LogP) is 2.93. The molecule has 0 aliphatic rings. The van der Waals surface area contributed by atoms with Gasteiger partial charge in [-0.05, 0) is 38.5 Å². The summed E-state index contributed by atoms with van der Waals surface area (Å²) in [4.78, 5) is 24.8. The molecule has 1 aromatic carbocycles. The number of benzene rings is 1. The van der Waals surface area contributed by atoms with Gasteiger partial charge in [-0.25, -0.2) is 13.2 Å². The number of nitrogens with zero attached hydrogens (tertiary/aromatic N) is 1. The van der Waals surface area contributed by atoms with Crippen LogP contribution in [0.2, 0.25) is 0 Å². The van der Waals surface area contributed by atoms with Gasteiger partial charge in [-0.2, -0.15) is 0 Å². The second-order valence-corrected chi connectivity index (χ2v) is 8.10. The molecule has 0 atom stereocenters. The van der Waals surface area contributed by atoms with E-state index in [1.807, 2.05) is 13.8 Å². The van der Waals surface area contributed by atoms with E-state index in [0.717, 1.165) is 30.6 Å². The normalized spacial score (nSPS) is 11.3. The number of ether oxygens (including phenoxy) is 1. The number of aromatic nitrogens is 1. The van der Waals surface area contributed by atoms with Gasteiger partial charge >= 0.3 is 5.97 Å². The lowest BCUT2D eigenvalue weighted by Gasteiger charge is -2.10. The Labute approximate surface area is 159 Å². The summed E-state index contributed by atoms with van der Waals surface area (Å²) in [6.45, 7) is 6.25. The molecule has 0 amide bonds. The van der Waals surface area contributed by atoms with Crippen LogP contribution >= 0.6 is 0 Å². The Kier molecular flexibility index (Phi) is 6.43. The van der Waals surface area contributed by atoms with Crippen molar-refractivity contribution < 1.29 is 22.7 Å². The van der Waals surface area contributed by atoms with Crippen molar-refractivity contribution in [1.82, 2.24) is 4.57 Å². The number of carbonyl (C=O) groups is 2. The molecule has 0 aliphatic carbocycles. The average molecular weight is 392 g/mol. The van der Waals surface area contributed by atoms with E-state index in [9.17, 15) is 18.0 Å². The predicted molar refractivity (Wildman–Crippen MR) is 104 cm³/mol. The molecule has 1 aromatic heterocycles. The lowest BCUT2D eigenvalue weighted by atomic mass is 10.1. The van der Waals surface area contributed by atoms with Gasteiger partial charge in [0, 0.05) is 23.5 Å². The molecule has 0 radical (unpaired) electrons. The van der Waals surface area contributed by atoms with Gasteiger partial charge in [-0.3, -0.25) is 9.52 Å². The number of para-hydroxylation sites is 1. The quantitative estimate of drug-likeness (QED) is 0.551. The highest BCUT2D eigenvalue weighted by molar-refractivity contribution is 7.92. The van der Waals surface area contributed by atoms with Crippen molar-refractivity contribution in [2.45, 2.75) is 33.7 Å². The van der Waals surface area contributed by atoms with Gasteiger partial charge in [-0.1, -0.05) is 19.1 Å². The number of hydrogen-bond acceptors (Lipinski definition) is 5. The zero-order valence-corrected chi connectivity index (χ0v) is 16.7. The number of rotatable bonds is 8. The molecule has 0 unspecified atom stereocenters. The Morgan fingerprint density at radius 2 is 1.81 bits per heavy atom. The summed E-state index contributed by atoms with van der Waals surface area (Å²) in [5.74, 6) is -1.06. The molecule has 7 nitrogen and oxygen atoms in total. The molecule has 1 N–H and O–H groups in total. The Bertz CT molecular complexity index is 960. The summed E-state index contributed by atoms with van der Waals surface area (Å²) in [6.07, 6.45) is 1.94. The zero-order chi connectivity index (χ0) is 20.2. The van der Waals surface area contributed by atoms with Gasteiger partial charge in [0.05, 0.1) is 17.5 Å². The Balaban J connectivity index is 2.13. The minimum Gasteiger partial charge on any atom is -0.454 e. The first-order valence-electron chi connectivity index (χ1n) is 8.58. The van der Waals surface area contributed by atoms with E-state index in [-0.39, 0.29) is 17.0 Å². The van der Waals surface area contributed by atoms with Gasteiger partial charge in [0.25, 0.3) is 0 Å². The highest BCUT2D eigenvalue weighted by Crippen LogP contribution is 2.19. The summed E-state index contributed by atoms with van der Waals surface area (Å²) < 4.78 is 32.3. The molecule has 0 saturated carbocycles. The maximum Gasteiger partial charge on any atom is 0.340 e. The van der Waals surface area contributed by atoms with E-state index in [2.05, 4.69) is 16.2 Å². The van der Waals surface area contributed by atoms with Crippen molar-refractivity contribution in [3.8, 4) is 0 Å². The van der Waals surface area contributed by atoms with Crippen LogP contribution in [-0.2, 0) is 21.3 Å². The van der Waals surface area contributed by atoms with Gasteiger partial charge in [0.1, 0.15) is 0 Å². The first kappa shape index (κ1) is 20.7. The zero-order valence-electron chi connectivity index (χ0n) is 15.9. The van der Waals surface area contributed by atoms with E-state index >= 15 is 0 Å². The van der Waals surface area contributed by atoms with Crippen LogP contribution in [0.5, 0.6) is 0 Å². The minimum atomic E-state index is -3.55. The fraction of sp³-hybridized carbons (Fsp3) is 0.368. The van der Waals surface area contributed by atoms with E-state index in [4.69, 9.17) is 4.74 Å². The van der Waals surface area contributed by atoms with Gasteiger partial charge in [0.15, 0.2) is 6.61 Å². The van der Waals surface area contributed by atoms with E-state index < -0.39 is 22.6 Å². The molecule has 8 heteroatoms. The first-order valence-corrected chi connectivity index (χ1v) is 10.5. The summed E-state index contributed by atoms with van der Waals surface area (Å²) in [5.41, 5.74) is 2.50. The number of esters is 1. The molecule has 0 spiro atoms. The average Bonchev–Trinajstić information content (AvgIpc) is 2.87. The van der Waals surface area contributed by atoms with Crippen LogP contribution < -0.4 is 4.72 Å². The molecular weight excluding hydrogens is 368 g/mol. The van der Waals surface area contributed by atoms with E-state index in [0.29, 0.717) is 5.56 Å². The maximum atomic E-state index is 12.5. The fourth-order valence-electron chi connectivity index (χ4n) is 2.89. The molecule has 1 heterocycles. The highest BCUT2D eigenvalue weighted by atomic mass is 32.2. The molecule has 146 valence electrons. The monoisotopic (exact) mass is 392 g/mol. The number of aryl methyl sites for hydroxylation is 1. The van der Waals surface area contributed by atoms with Gasteiger partial charge in [-0.15, -0.1) is 0 Å². The van der Waals surface area contributed by atoms with Crippen LogP contribution in [0.4, 0.5) is 5.69 Å². The Morgan fingerprint density at radius 3 is 2.44 bits per heavy atom. The second-order valence-electron chi connectivity index (χ2n) is 6.36. The minimum absolute atomic E-state index is 0.0483. The number of carbonyl (C=O) groups excluding carboxylic acids is 2. The van der Waals surface area contributed by atoms with E-state index in [1.54, 1.807) is 18.2 Å².